The SMILES string of the molecule is CCOC(=O)CCCCCCN1C(=O)CC[C@@H]1/C=C/[C@@H](OC(=O)Cc1cc(CC(=O)O[C@H](/C=C/[C@H]2CCC(=O)N2CCCCCCC(=O)OCC)C(F)(F)c2ccccc2)cc(C(=O)NCCCC(O)(P(=O)(O)O)P(=O)(O)O)c1)C(F)(F)c1ccccc1. The Kier molecular flexibility index (Phi) is 27.7. The van der Waals surface area contributed by atoms with Crippen LogP contribution in [0.1, 0.15) is 149 Å². The second-order valence-electron chi connectivity index (χ2n) is 21.5. The van der Waals surface area contributed by atoms with E-state index in [0.29, 0.717) is 51.4 Å². The van der Waals surface area contributed by atoms with Gasteiger partial charge in [-0.2, -0.15) is 17.6 Å². The molecule has 0 bridgehead atoms. The highest BCUT2D eigenvalue weighted by Gasteiger charge is 2.58. The molecule has 4 atom stereocenters. The minimum atomic E-state index is -5.87. The highest BCUT2D eigenvalue weighted by molar-refractivity contribution is 7.72. The van der Waals surface area contributed by atoms with E-state index in [-0.39, 0.29) is 105 Å². The van der Waals surface area contributed by atoms with Crippen molar-refractivity contribution in [3.63, 3.8) is 0 Å². The first-order chi connectivity index (χ1) is 41.6. The first-order valence-electron chi connectivity index (χ1n) is 29.4. The van der Waals surface area contributed by atoms with E-state index >= 15 is 17.6 Å². The lowest BCUT2D eigenvalue weighted by Gasteiger charge is -2.29. The number of ether oxygens (including phenoxy) is 4. The lowest BCUT2D eigenvalue weighted by molar-refractivity contribution is -0.167. The molecule has 2 heterocycles. The maximum absolute atomic E-state index is 16.6. The molecule has 2 saturated heterocycles. The smallest absolute Gasteiger partial charge is 0.369 e. The second-order valence-corrected chi connectivity index (χ2v) is 25.5. The molecule has 0 unspecified atom stereocenters. The molecule has 484 valence electrons. The van der Waals surface area contributed by atoms with Crippen LogP contribution in [0.5, 0.6) is 0 Å². The number of amides is 3. The Morgan fingerprint density at radius 3 is 1.39 bits per heavy atom. The van der Waals surface area contributed by atoms with Gasteiger partial charge in [-0.25, -0.2) is 0 Å². The lowest BCUT2D eigenvalue weighted by atomic mass is 9.99. The molecule has 3 aromatic rings. The number of halogens is 4. The van der Waals surface area contributed by atoms with Crippen molar-refractivity contribution in [2.45, 2.75) is 171 Å². The van der Waals surface area contributed by atoms with Crippen LogP contribution in [0, 0.1) is 0 Å². The van der Waals surface area contributed by atoms with Crippen molar-refractivity contribution in [2.75, 3.05) is 32.8 Å². The van der Waals surface area contributed by atoms with Crippen LogP contribution in [0.15, 0.2) is 103 Å². The lowest BCUT2D eigenvalue weighted by Crippen LogP contribution is -2.36. The van der Waals surface area contributed by atoms with E-state index in [4.69, 9.17) is 18.9 Å². The van der Waals surface area contributed by atoms with Crippen molar-refractivity contribution in [3.8, 4) is 0 Å². The number of likely N-dealkylation sites (tertiary alicyclic amines) is 2. The number of nitrogens with zero attached hydrogens (tertiary/aromatic N) is 2. The molecule has 2 aliphatic rings. The third-order valence-corrected chi connectivity index (χ3v) is 18.8. The monoisotopic (exact) mass is 1280 g/mol. The molecule has 3 amide bonds. The second kappa shape index (κ2) is 33.8. The van der Waals surface area contributed by atoms with E-state index in [1.54, 1.807) is 13.8 Å². The van der Waals surface area contributed by atoms with Crippen LogP contribution in [-0.4, -0.2) is 138 Å². The Labute approximate surface area is 508 Å². The highest BCUT2D eigenvalue weighted by atomic mass is 31.2. The highest BCUT2D eigenvalue weighted by Crippen LogP contribution is 2.69. The molecule has 2 fully saturated rings. The number of hydrogen-bond acceptors (Lipinski definition) is 14. The molecular formula is C61H79F4N3O18P2. The van der Waals surface area contributed by atoms with Gasteiger partial charge in [-0.3, -0.25) is 42.7 Å². The number of aliphatic hydroxyl groups is 1. The zero-order chi connectivity index (χ0) is 64.7. The standard InChI is InChI=1S/C61H79F4N3O18P2/c1-3-83-54(71)24-15-5-7-17-36-67-48(28-32-52(67)69)26-30-50(60(62,63)46-20-11-9-12-21-46)85-56(73)41-43-38-44(40-45(39-43)58(75)66-35-19-34-59(76,87(77,78)79)88(80,81)82)42-57(74)86-51(61(64,65)47-22-13-10-14-23-47)31-27-49-29-33-53(70)68(49)37-18-8-6-16-25-55(72)84-4-2/h9-14,20-23,26-27,30-31,38-40,48-51,76H,3-8,15-19,24-25,28-29,32-37,41-42H2,1-2H3,(H,66,75)(H2,77,78,79)(H2,80,81,82)/b30-26+,31-27+/t48-,49-,50+,51+/m0/s1. The third-order valence-electron chi connectivity index (χ3n) is 14.9. The van der Waals surface area contributed by atoms with E-state index < -0.39 is 118 Å². The minimum absolute atomic E-state index is 0.123. The summed E-state index contributed by atoms with van der Waals surface area (Å²) in [5, 5.41) is 8.89. The van der Waals surface area contributed by atoms with Gasteiger partial charge < -0.3 is 58.7 Å². The normalized spacial score (nSPS) is 16.7. The average Bonchev–Trinajstić information content (AvgIpc) is 1.24. The molecule has 0 saturated carbocycles. The Bertz CT molecular complexity index is 2820. The number of carbonyl (C=O) groups is 7. The van der Waals surface area contributed by atoms with E-state index in [9.17, 15) is 67.4 Å². The molecule has 0 radical (unpaired) electrons. The fraction of sp³-hybridized carbons (Fsp3) is 0.525. The molecule has 27 heteroatoms. The van der Waals surface area contributed by atoms with Crippen LogP contribution in [0.25, 0.3) is 0 Å². The molecule has 5 rings (SSSR count). The summed E-state index contributed by atoms with van der Waals surface area (Å²) in [5.41, 5.74) is -1.71. The van der Waals surface area contributed by atoms with Crippen LogP contribution in [0.3, 0.4) is 0 Å². The number of esters is 4. The Morgan fingerprint density at radius 1 is 0.602 bits per heavy atom. The van der Waals surface area contributed by atoms with Gasteiger partial charge in [-0.1, -0.05) is 105 Å². The third kappa shape index (κ3) is 21.3. The summed E-state index contributed by atoms with van der Waals surface area (Å²) in [6, 6.07) is 15.0. The zero-order valence-corrected chi connectivity index (χ0v) is 51.0. The maximum atomic E-state index is 16.6. The van der Waals surface area contributed by atoms with E-state index in [0.717, 1.165) is 48.6 Å². The summed E-state index contributed by atoms with van der Waals surface area (Å²) >= 11 is 0. The summed E-state index contributed by atoms with van der Waals surface area (Å²) in [4.78, 5) is 133. The van der Waals surface area contributed by atoms with Gasteiger partial charge in [0, 0.05) is 68.4 Å². The van der Waals surface area contributed by atoms with Gasteiger partial charge >= 0.3 is 50.9 Å². The Morgan fingerprint density at radius 2 is 1.00 bits per heavy atom. The van der Waals surface area contributed by atoms with Gasteiger partial charge in [0.1, 0.15) is 0 Å². The van der Waals surface area contributed by atoms with Crippen molar-refractivity contribution < 1.29 is 104 Å². The maximum Gasteiger partial charge on any atom is 0.369 e. The number of unbranched alkanes of at least 4 members (excludes halogenated alkanes) is 6. The van der Waals surface area contributed by atoms with Gasteiger partial charge in [-0.05, 0) is 94.2 Å². The predicted molar refractivity (Wildman–Crippen MR) is 312 cm³/mol. The predicted octanol–water partition coefficient (Wildman–Crippen LogP) is 8.81. The van der Waals surface area contributed by atoms with Gasteiger partial charge in [-0.15, -0.1) is 0 Å². The molecule has 6 N–H and O–H groups in total. The molecule has 2 aliphatic heterocycles. The van der Waals surface area contributed by atoms with Crippen LogP contribution in [0.2, 0.25) is 0 Å². The molecule has 3 aromatic carbocycles. The quantitative estimate of drug-likeness (QED) is 0.00784. The molecular weight excluding hydrogens is 1200 g/mol. The summed E-state index contributed by atoms with van der Waals surface area (Å²) in [6.07, 6.45) is 2.80. The van der Waals surface area contributed by atoms with E-state index in [1.807, 2.05) is 0 Å². The molecule has 21 nitrogen and oxygen atoms in total. The van der Waals surface area contributed by atoms with Crippen molar-refractivity contribution in [1.82, 2.24) is 15.1 Å². The summed E-state index contributed by atoms with van der Waals surface area (Å²) in [5.74, 6) is -12.4. The van der Waals surface area contributed by atoms with Gasteiger partial charge in [0.25, 0.3) is 11.0 Å². The number of hydrogen-bond donors (Lipinski definition) is 6. The fourth-order valence-electron chi connectivity index (χ4n) is 10.2. The van der Waals surface area contributed by atoms with Crippen molar-refractivity contribution >= 4 is 56.8 Å². The summed E-state index contributed by atoms with van der Waals surface area (Å²) in [6.45, 7) is 3.93. The number of alkyl halides is 4. The average molecular weight is 1280 g/mol. The van der Waals surface area contributed by atoms with Crippen molar-refractivity contribution in [3.05, 3.63) is 131 Å². The van der Waals surface area contributed by atoms with Crippen LogP contribution >= 0.6 is 15.2 Å². The van der Waals surface area contributed by atoms with E-state index in [1.165, 1.54) is 64.4 Å². The summed E-state index contributed by atoms with van der Waals surface area (Å²) < 4.78 is 111. The molecule has 88 heavy (non-hydrogen) atoms. The zero-order valence-electron chi connectivity index (χ0n) is 49.2. The van der Waals surface area contributed by atoms with E-state index in [2.05, 4.69) is 5.32 Å². The van der Waals surface area contributed by atoms with Gasteiger partial charge in [0.2, 0.25) is 11.8 Å². The number of rotatable bonds is 37. The van der Waals surface area contributed by atoms with Crippen molar-refractivity contribution in [1.29, 1.82) is 0 Å². The Balaban J connectivity index is 1.41. The number of benzene rings is 3. The fourth-order valence-corrected chi connectivity index (χ4v) is 12.5. The molecule has 0 aromatic heterocycles. The topological polar surface area (TPSA) is 310 Å². The number of carbonyl (C=O) groups excluding carboxylic acids is 7. The number of nitrogens with one attached hydrogen (secondary N) is 1. The minimum Gasteiger partial charge on any atom is -0.466 e. The van der Waals surface area contributed by atoms with Crippen LogP contribution in [-0.2, 0) is 81.5 Å². The van der Waals surface area contributed by atoms with Gasteiger partial charge in [0.15, 0.2) is 12.2 Å². The van der Waals surface area contributed by atoms with Crippen LogP contribution < -0.4 is 5.32 Å². The first-order valence-corrected chi connectivity index (χ1v) is 32.6. The summed E-state index contributed by atoms with van der Waals surface area (Å²) in [7, 11) is -11.7. The Hall–Kier alpha value is -6.59. The van der Waals surface area contributed by atoms with Gasteiger partial charge in [0.05, 0.1) is 38.1 Å². The van der Waals surface area contributed by atoms with Crippen LogP contribution in [0.4, 0.5) is 17.6 Å². The largest absolute Gasteiger partial charge is 0.466 e. The van der Waals surface area contributed by atoms with Crippen molar-refractivity contribution in [2.24, 2.45) is 0 Å². The first kappa shape index (κ1) is 72.2. The molecule has 0 spiro atoms. The molecule has 0 aliphatic carbocycles.